The molecule has 0 unspecified atom stereocenters. The predicted octanol–water partition coefficient (Wildman–Crippen LogP) is 1.34. The summed E-state index contributed by atoms with van der Waals surface area (Å²) in [5.41, 5.74) is -0.726. The van der Waals surface area contributed by atoms with E-state index in [0.717, 1.165) is 12.2 Å². The van der Waals surface area contributed by atoms with E-state index in [0.29, 0.717) is 12.8 Å². The van der Waals surface area contributed by atoms with Gasteiger partial charge in [0.1, 0.15) is 0 Å². The number of hydrogen-bond acceptors (Lipinski definition) is 8. The molecule has 0 rings (SSSR count). The Balaban J connectivity index is 3.99. The fourth-order valence-electron chi connectivity index (χ4n) is 2.42. The van der Waals surface area contributed by atoms with Gasteiger partial charge in [-0.05, 0) is 23.7 Å². The summed E-state index contributed by atoms with van der Waals surface area (Å²) in [4.78, 5) is 23.1. The van der Waals surface area contributed by atoms with Gasteiger partial charge in [-0.2, -0.15) is 0 Å². The molecule has 0 aromatic rings. The number of rotatable bonds is 14. The molecule has 0 aromatic heterocycles. The maximum Gasteiger partial charge on any atom is 0.331 e. The van der Waals surface area contributed by atoms with Crippen molar-refractivity contribution in [2.24, 2.45) is 10.8 Å². The predicted molar refractivity (Wildman–Crippen MR) is 123 cm³/mol. The third-order valence-corrected chi connectivity index (χ3v) is 7.16. The molecule has 10 nitrogen and oxygen atoms in total. The highest BCUT2D eigenvalue weighted by Gasteiger charge is 2.21. The maximum absolute atomic E-state index is 11.8. The van der Waals surface area contributed by atoms with E-state index in [1.807, 2.05) is 41.5 Å². The summed E-state index contributed by atoms with van der Waals surface area (Å²) >= 11 is 0. The SMILES string of the molecule is CC(C)(C)CS(=O)(=O)NCCCOC(=O)/C=C/C(=O)OCCCNS(=O)(=O)CC(C)(C)C. The topological polar surface area (TPSA) is 145 Å². The van der Waals surface area contributed by atoms with Crippen LogP contribution in [0.25, 0.3) is 0 Å². The van der Waals surface area contributed by atoms with Crippen molar-refractivity contribution in [2.45, 2.75) is 54.4 Å². The van der Waals surface area contributed by atoms with Gasteiger partial charge in [-0.25, -0.2) is 35.9 Å². The number of carbonyl (C=O) groups excluding carboxylic acids is 2. The molecule has 0 fully saturated rings. The average Bonchev–Trinajstić information content (AvgIpc) is 2.54. The summed E-state index contributed by atoms with van der Waals surface area (Å²) < 4.78 is 62.0. The van der Waals surface area contributed by atoms with Crippen molar-refractivity contribution in [2.75, 3.05) is 37.8 Å². The molecule has 0 heterocycles. The van der Waals surface area contributed by atoms with Gasteiger partial charge in [0, 0.05) is 25.2 Å². The molecule has 0 spiro atoms. The Bertz CT molecular complexity index is 766. The van der Waals surface area contributed by atoms with Gasteiger partial charge >= 0.3 is 11.9 Å². The normalized spacial score (nSPS) is 13.3. The number of esters is 2. The fourth-order valence-corrected chi connectivity index (χ4v) is 5.81. The standard InChI is InChI=1S/C20H38N2O8S2/c1-19(2,3)15-31(25,26)21-11-7-13-29-17(23)9-10-18(24)30-14-8-12-22-32(27,28)16-20(4,5)6/h9-10,21-22H,7-8,11-16H2,1-6H3/b10-9+. The zero-order chi connectivity index (χ0) is 25.1. The molecule has 0 aliphatic heterocycles. The van der Waals surface area contributed by atoms with Gasteiger partial charge in [0.05, 0.1) is 24.7 Å². The van der Waals surface area contributed by atoms with E-state index >= 15 is 0 Å². The maximum atomic E-state index is 11.8. The number of ether oxygens (including phenoxy) is 2. The second-order valence-corrected chi connectivity index (χ2v) is 13.4. The van der Waals surface area contributed by atoms with E-state index in [2.05, 4.69) is 9.44 Å². The molecule has 188 valence electrons. The van der Waals surface area contributed by atoms with E-state index in [1.165, 1.54) is 0 Å². The van der Waals surface area contributed by atoms with Gasteiger partial charge in [0.25, 0.3) is 0 Å². The Morgan fingerprint density at radius 3 is 1.28 bits per heavy atom. The lowest BCUT2D eigenvalue weighted by Gasteiger charge is -2.18. The zero-order valence-electron chi connectivity index (χ0n) is 19.9. The van der Waals surface area contributed by atoms with Crippen LogP contribution in [0.4, 0.5) is 0 Å². The smallest absolute Gasteiger partial charge is 0.331 e. The molecule has 2 N–H and O–H groups in total. The van der Waals surface area contributed by atoms with Gasteiger partial charge in [0.2, 0.25) is 20.0 Å². The van der Waals surface area contributed by atoms with Crippen LogP contribution in [0.3, 0.4) is 0 Å². The minimum absolute atomic E-state index is 0.00652. The molecular weight excluding hydrogens is 460 g/mol. The Morgan fingerprint density at radius 2 is 1.00 bits per heavy atom. The highest BCUT2D eigenvalue weighted by Crippen LogP contribution is 2.15. The van der Waals surface area contributed by atoms with Crippen LogP contribution in [0.5, 0.6) is 0 Å². The number of nitrogens with one attached hydrogen (secondary N) is 2. The van der Waals surface area contributed by atoms with Crippen LogP contribution in [-0.2, 0) is 39.1 Å². The number of carbonyl (C=O) groups is 2. The lowest BCUT2D eigenvalue weighted by Crippen LogP contribution is -2.33. The van der Waals surface area contributed by atoms with Crippen molar-refractivity contribution in [1.29, 1.82) is 0 Å². The highest BCUT2D eigenvalue weighted by atomic mass is 32.2. The second-order valence-electron chi connectivity index (χ2n) is 9.80. The summed E-state index contributed by atoms with van der Waals surface area (Å²) in [5, 5.41) is 0. The molecule has 0 aliphatic carbocycles. The third kappa shape index (κ3) is 19.2. The monoisotopic (exact) mass is 498 g/mol. The lowest BCUT2D eigenvalue weighted by atomic mass is 10.0. The first kappa shape index (κ1) is 30.5. The molecule has 0 atom stereocenters. The third-order valence-electron chi connectivity index (χ3n) is 3.38. The van der Waals surface area contributed by atoms with Crippen molar-refractivity contribution in [3.63, 3.8) is 0 Å². The van der Waals surface area contributed by atoms with Gasteiger partial charge in [-0.3, -0.25) is 0 Å². The van der Waals surface area contributed by atoms with E-state index in [4.69, 9.17) is 9.47 Å². The summed E-state index contributed by atoms with van der Waals surface area (Å²) in [6.07, 6.45) is 2.41. The first-order chi connectivity index (χ1) is 14.4. The van der Waals surface area contributed by atoms with Crippen LogP contribution >= 0.6 is 0 Å². The molecule has 0 aromatic carbocycles. The molecule has 0 bridgehead atoms. The summed E-state index contributed by atoms with van der Waals surface area (Å²) in [6, 6.07) is 0. The Labute approximate surface area is 192 Å². The number of hydrogen-bond donors (Lipinski definition) is 2. The van der Waals surface area contributed by atoms with Crippen LogP contribution in [0.15, 0.2) is 12.2 Å². The van der Waals surface area contributed by atoms with E-state index in [1.54, 1.807) is 0 Å². The molecular formula is C20H38N2O8S2. The zero-order valence-corrected chi connectivity index (χ0v) is 21.5. The van der Waals surface area contributed by atoms with Crippen molar-refractivity contribution < 1.29 is 35.9 Å². The van der Waals surface area contributed by atoms with Crippen LogP contribution in [0.1, 0.15) is 54.4 Å². The number of sulfonamides is 2. The van der Waals surface area contributed by atoms with E-state index < -0.39 is 32.0 Å². The van der Waals surface area contributed by atoms with Crippen molar-refractivity contribution >= 4 is 32.0 Å². The minimum Gasteiger partial charge on any atom is -0.462 e. The second kappa shape index (κ2) is 13.3. The Hall–Kier alpha value is -1.50. The van der Waals surface area contributed by atoms with Crippen LogP contribution in [0, 0.1) is 10.8 Å². The minimum atomic E-state index is -3.39. The quantitative estimate of drug-likeness (QED) is 0.207. The fraction of sp³-hybridized carbons (Fsp3) is 0.800. The largest absolute Gasteiger partial charge is 0.462 e. The molecule has 0 saturated carbocycles. The van der Waals surface area contributed by atoms with Crippen molar-refractivity contribution in [3.05, 3.63) is 12.2 Å². The van der Waals surface area contributed by atoms with Crippen LogP contribution in [0.2, 0.25) is 0 Å². The summed E-state index contributed by atoms with van der Waals surface area (Å²) in [7, 11) is -6.79. The first-order valence-electron chi connectivity index (χ1n) is 10.4. The van der Waals surface area contributed by atoms with Crippen molar-refractivity contribution in [3.8, 4) is 0 Å². The van der Waals surface area contributed by atoms with Gasteiger partial charge in [-0.15, -0.1) is 0 Å². The van der Waals surface area contributed by atoms with Crippen LogP contribution < -0.4 is 9.44 Å². The van der Waals surface area contributed by atoms with E-state index in [-0.39, 0.29) is 48.6 Å². The molecule has 0 aliphatic rings. The Kier molecular flexibility index (Phi) is 12.6. The van der Waals surface area contributed by atoms with Crippen molar-refractivity contribution in [1.82, 2.24) is 9.44 Å². The van der Waals surface area contributed by atoms with Gasteiger partial charge < -0.3 is 9.47 Å². The first-order valence-corrected chi connectivity index (χ1v) is 13.7. The van der Waals surface area contributed by atoms with E-state index in [9.17, 15) is 26.4 Å². The van der Waals surface area contributed by atoms with Gasteiger partial charge in [-0.1, -0.05) is 41.5 Å². The van der Waals surface area contributed by atoms with Gasteiger partial charge in [0.15, 0.2) is 0 Å². The summed E-state index contributed by atoms with van der Waals surface area (Å²) in [5.74, 6) is -1.52. The average molecular weight is 499 g/mol. The molecule has 32 heavy (non-hydrogen) atoms. The molecule has 12 heteroatoms. The summed E-state index contributed by atoms with van der Waals surface area (Å²) in [6.45, 7) is 11.2. The molecule has 0 amide bonds. The molecule has 0 saturated heterocycles. The lowest BCUT2D eigenvalue weighted by molar-refractivity contribution is -0.140. The highest BCUT2D eigenvalue weighted by molar-refractivity contribution is 7.89. The molecule has 0 radical (unpaired) electrons. The Morgan fingerprint density at radius 1 is 0.688 bits per heavy atom. The van der Waals surface area contributed by atoms with Crippen LogP contribution in [-0.4, -0.2) is 66.6 Å².